The number of benzene rings is 2. The van der Waals surface area contributed by atoms with Crippen LogP contribution < -0.4 is 10.2 Å². The lowest BCUT2D eigenvalue weighted by molar-refractivity contribution is -0.118. The van der Waals surface area contributed by atoms with Gasteiger partial charge in [0, 0.05) is 24.3 Å². The minimum atomic E-state index is -0.664. The van der Waals surface area contributed by atoms with E-state index in [2.05, 4.69) is 19.2 Å². The molecule has 0 radical (unpaired) electrons. The van der Waals surface area contributed by atoms with Crippen LogP contribution in [0.5, 0.6) is 0 Å². The number of carbonyl (C=O) groups is 2. The largest absolute Gasteiger partial charge is 0.322 e. The van der Waals surface area contributed by atoms with Crippen LogP contribution in [-0.4, -0.2) is 18.4 Å². The molecule has 0 spiro atoms. The van der Waals surface area contributed by atoms with Crippen molar-refractivity contribution in [2.45, 2.75) is 33.1 Å². The maximum absolute atomic E-state index is 13.9. The molecular formula is C21H22ClFN2O2. The maximum Gasteiger partial charge on any atom is 0.260 e. The molecule has 3 rings (SSSR count). The van der Waals surface area contributed by atoms with E-state index < -0.39 is 11.7 Å². The van der Waals surface area contributed by atoms with E-state index in [1.807, 2.05) is 17.0 Å². The van der Waals surface area contributed by atoms with Crippen LogP contribution in [0.3, 0.4) is 0 Å². The van der Waals surface area contributed by atoms with Crippen LogP contribution in [0, 0.1) is 11.7 Å². The van der Waals surface area contributed by atoms with E-state index in [4.69, 9.17) is 11.6 Å². The van der Waals surface area contributed by atoms with Gasteiger partial charge in [0.05, 0.1) is 10.6 Å². The third-order valence-corrected chi connectivity index (χ3v) is 4.97. The molecule has 2 aromatic rings. The van der Waals surface area contributed by atoms with Crippen molar-refractivity contribution in [3.05, 3.63) is 58.4 Å². The van der Waals surface area contributed by atoms with E-state index >= 15 is 0 Å². The van der Waals surface area contributed by atoms with E-state index in [0.717, 1.165) is 17.7 Å². The Morgan fingerprint density at radius 3 is 2.74 bits per heavy atom. The first-order valence-electron chi connectivity index (χ1n) is 9.05. The fourth-order valence-corrected chi connectivity index (χ4v) is 3.43. The van der Waals surface area contributed by atoms with Crippen LogP contribution in [0.2, 0.25) is 5.02 Å². The van der Waals surface area contributed by atoms with Crippen LogP contribution in [0.15, 0.2) is 36.4 Å². The van der Waals surface area contributed by atoms with Gasteiger partial charge in [-0.25, -0.2) is 4.39 Å². The van der Waals surface area contributed by atoms with Gasteiger partial charge < -0.3 is 10.2 Å². The number of hydrogen-bond donors (Lipinski definition) is 1. The summed E-state index contributed by atoms with van der Waals surface area (Å²) in [6.45, 7) is 4.93. The molecule has 0 saturated heterocycles. The highest BCUT2D eigenvalue weighted by Gasteiger charge is 2.24. The number of fused-ring (bicyclic) bond motifs is 1. The van der Waals surface area contributed by atoms with Gasteiger partial charge >= 0.3 is 0 Å². The van der Waals surface area contributed by atoms with Gasteiger partial charge in [0.1, 0.15) is 5.82 Å². The zero-order valence-corrected chi connectivity index (χ0v) is 16.1. The Labute approximate surface area is 163 Å². The molecule has 0 saturated carbocycles. The third kappa shape index (κ3) is 4.30. The molecule has 27 heavy (non-hydrogen) atoms. The number of halogens is 2. The van der Waals surface area contributed by atoms with Crippen molar-refractivity contribution >= 4 is 34.8 Å². The van der Waals surface area contributed by atoms with Crippen LogP contribution >= 0.6 is 11.6 Å². The van der Waals surface area contributed by atoms with Crippen LogP contribution in [0.25, 0.3) is 0 Å². The second-order valence-corrected chi connectivity index (χ2v) is 7.53. The van der Waals surface area contributed by atoms with Crippen molar-refractivity contribution in [3.8, 4) is 0 Å². The first-order valence-corrected chi connectivity index (χ1v) is 9.43. The summed E-state index contributed by atoms with van der Waals surface area (Å²) in [6.07, 6.45) is 1.99. The average Bonchev–Trinajstić information content (AvgIpc) is 2.60. The van der Waals surface area contributed by atoms with Crippen LogP contribution in [-0.2, 0) is 11.2 Å². The first-order chi connectivity index (χ1) is 12.9. The van der Waals surface area contributed by atoms with Gasteiger partial charge in [0.25, 0.3) is 5.91 Å². The molecule has 0 aliphatic carbocycles. The van der Waals surface area contributed by atoms with Gasteiger partial charge in [0.15, 0.2) is 0 Å². The molecule has 0 aromatic heterocycles. The second-order valence-electron chi connectivity index (χ2n) is 7.12. The number of anilines is 2. The molecular weight excluding hydrogens is 367 g/mol. The maximum atomic E-state index is 13.9. The average molecular weight is 389 g/mol. The molecule has 4 nitrogen and oxygen atoms in total. The number of nitrogens with one attached hydrogen (secondary N) is 1. The number of nitrogens with zero attached hydrogens (tertiary/aromatic N) is 1. The molecule has 1 aliphatic rings. The Kier molecular flexibility index (Phi) is 5.80. The summed E-state index contributed by atoms with van der Waals surface area (Å²) in [6, 6.07) is 9.54. The Hall–Kier alpha value is -2.40. The predicted octanol–water partition coefficient (Wildman–Crippen LogP) is 5.06. The molecule has 2 aromatic carbocycles. The minimum Gasteiger partial charge on any atom is -0.322 e. The first kappa shape index (κ1) is 19.4. The fraction of sp³-hybridized carbons (Fsp3) is 0.333. The van der Waals surface area contributed by atoms with Crippen molar-refractivity contribution in [2.75, 3.05) is 16.8 Å². The van der Waals surface area contributed by atoms with Gasteiger partial charge in [-0.15, -0.1) is 0 Å². The standard InChI is InChI=1S/C21H22ClFN2O2/c1-13(2)10-11-25-18-8-7-15(12-14(18)6-9-19(25)26)24-21(27)20-16(22)4-3-5-17(20)23/h3-5,7-8,12-13H,6,9-11H2,1-2H3,(H,24,27). The Balaban J connectivity index is 1.82. The number of amides is 2. The Morgan fingerprint density at radius 2 is 2.04 bits per heavy atom. The van der Waals surface area contributed by atoms with E-state index in [1.165, 1.54) is 18.2 Å². The lowest BCUT2D eigenvalue weighted by Gasteiger charge is -2.30. The van der Waals surface area contributed by atoms with Crippen LogP contribution in [0.4, 0.5) is 15.8 Å². The molecule has 6 heteroatoms. The highest BCUT2D eigenvalue weighted by Crippen LogP contribution is 2.31. The number of rotatable bonds is 5. The summed E-state index contributed by atoms with van der Waals surface area (Å²) in [4.78, 5) is 26.5. The molecule has 142 valence electrons. The number of hydrogen-bond acceptors (Lipinski definition) is 2. The molecule has 1 N–H and O–H groups in total. The van der Waals surface area contributed by atoms with Gasteiger partial charge in [-0.3, -0.25) is 9.59 Å². The molecule has 0 bridgehead atoms. The quantitative estimate of drug-likeness (QED) is 0.778. The van der Waals surface area contributed by atoms with Gasteiger partial charge in [-0.05, 0) is 54.7 Å². The van der Waals surface area contributed by atoms with E-state index in [9.17, 15) is 14.0 Å². The summed E-state index contributed by atoms with van der Waals surface area (Å²) < 4.78 is 13.9. The van der Waals surface area contributed by atoms with Crippen molar-refractivity contribution in [3.63, 3.8) is 0 Å². The highest BCUT2D eigenvalue weighted by atomic mass is 35.5. The minimum absolute atomic E-state index is 0.0657. The predicted molar refractivity (Wildman–Crippen MR) is 106 cm³/mol. The van der Waals surface area contributed by atoms with Crippen LogP contribution in [0.1, 0.15) is 42.6 Å². The summed E-state index contributed by atoms with van der Waals surface area (Å²) in [5.74, 6) is -0.629. The summed E-state index contributed by atoms with van der Waals surface area (Å²) in [5, 5.41) is 2.77. The lowest BCUT2D eigenvalue weighted by Crippen LogP contribution is -2.36. The van der Waals surface area contributed by atoms with E-state index in [0.29, 0.717) is 31.0 Å². The Morgan fingerprint density at radius 1 is 1.26 bits per heavy atom. The highest BCUT2D eigenvalue weighted by molar-refractivity contribution is 6.34. The van der Waals surface area contributed by atoms with Gasteiger partial charge in [-0.2, -0.15) is 0 Å². The molecule has 0 fully saturated rings. The van der Waals surface area contributed by atoms with E-state index in [-0.39, 0.29) is 16.5 Å². The molecule has 1 heterocycles. The van der Waals surface area contributed by atoms with Gasteiger partial charge in [0.2, 0.25) is 5.91 Å². The normalized spacial score (nSPS) is 13.7. The monoisotopic (exact) mass is 388 g/mol. The molecule has 0 unspecified atom stereocenters. The number of carbonyl (C=O) groups excluding carboxylic acids is 2. The molecule has 2 amide bonds. The summed E-state index contributed by atoms with van der Waals surface area (Å²) in [7, 11) is 0. The van der Waals surface area contributed by atoms with Crippen molar-refractivity contribution in [1.29, 1.82) is 0 Å². The fourth-order valence-electron chi connectivity index (χ4n) is 3.18. The summed E-state index contributed by atoms with van der Waals surface area (Å²) in [5.41, 5.74) is 2.26. The Bertz CT molecular complexity index is 862. The van der Waals surface area contributed by atoms with Crippen molar-refractivity contribution < 1.29 is 14.0 Å². The van der Waals surface area contributed by atoms with Crippen molar-refractivity contribution in [2.24, 2.45) is 5.92 Å². The van der Waals surface area contributed by atoms with Crippen molar-refractivity contribution in [1.82, 2.24) is 0 Å². The molecule has 1 aliphatic heterocycles. The van der Waals surface area contributed by atoms with E-state index in [1.54, 1.807) is 6.07 Å². The SMILES string of the molecule is CC(C)CCN1C(=O)CCc2cc(NC(=O)c3c(F)cccc3Cl)ccc21. The number of aryl methyl sites for hydroxylation is 1. The van der Waals surface area contributed by atoms with Gasteiger partial charge in [-0.1, -0.05) is 31.5 Å². The zero-order valence-electron chi connectivity index (χ0n) is 15.4. The topological polar surface area (TPSA) is 49.4 Å². The smallest absolute Gasteiger partial charge is 0.260 e. The zero-order chi connectivity index (χ0) is 19.6. The molecule has 0 atom stereocenters. The summed E-state index contributed by atoms with van der Waals surface area (Å²) >= 11 is 5.96. The second kappa shape index (κ2) is 8.09. The lowest BCUT2D eigenvalue weighted by atomic mass is 9.99. The third-order valence-electron chi connectivity index (χ3n) is 4.66.